The Balaban J connectivity index is 1.48. The van der Waals surface area contributed by atoms with Crippen molar-refractivity contribution in [2.75, 3.05) is 36.5 Å². The van der Waals surface area contributed by atoms with Crippen LogP contribution < -0.4 is 15.5 Å². The number of halogens is 1. The molecule has 9 nitrogen and oxygen atoms in total. The van der Waals surface area contributed by atoms with Crippen molar-refractivity contribution in [1.29, 1.82) is 0 Å². The first kappa shape index (κ1) is 25.6. The van der Waals surface area contributed by atoms with Crippen LogP contribution in [0.5, 0.6) is 0 Å². The zero-order valence-corrected chi connectivity index (χ0v) is 21.0. The molecule has 3 heterocycles. The van der Waals surface area contributed by atoms with E-state index < -0.39 is 21.1 Å². The molecule has 1 aliphatic rings. The van der Waals surface area contributed by atoms with Crippen molar-refractivity contribution in [3.05, 3.63) is 89.9 Å². The Hall–Kier alpha value is -3.47. The van der Waals surface area contributed by atoms with Gasteiger partial charge in [-0.25, -0.2) is 18.2 Å². The highest BCUT2D eigenvalue weighted by Gasteiger charge is 2.30. The summed E-state index contributed by atoms with van der Waals surface area (Å²) in [6.07, 6.45) is 6.23. The molecule has 0 bridgehead atoms. The molecule has 4 rings (SSSR count). The lowest BCUT2D eigenvalue weighted by molar-refractivity contribution is 0.122. The molecule has 2 amide bonds. The predicted octanol–water partition coefficient (Wildman–Crippen LogP) is 3.99. The normalized spacial score (nSPS) is 14.6. The fourth-order valence-corrected chi connectivity index (χ4v) is 5.82. The van der Waals surface area contributed by atoms with Gasteiger partial charge in [0.1, 0.15) is 11.1 Å². The molecule has 1 atom stereocenters. The lowest BCUT2D eigenvalue weighted by Crippen LogP contribution is -2.37. The van der Waals surface area contributed by atoms with Gasteiger partial charge in [0.05, 0.1) is 23.1 Å². The third-order valence-corrected chi connectivity index (χ3v) is 8.11. The second-order valence-electron chi connectivity index (χ2n) is 8.03. The Morgan fingerprint density at radius 1 is 1.17 bits per heavy atom. The van der Waals surface area contributed by atoms with Crippen LogP contribution in [-0.2, 0) is 21.1 Å². The Morgan fingerprint density at radius 2 is 1.92 bits per heavy atom. The van der Waals surface area contributed by atoms with Gasteiger partial charge in [-0.2, -0.15) is 0 Å². The first-order chi connectivity index (χ1) is 17.4. The minimum atomic E-state index is -3.87. The van der Waals surface area contributed by atoms with Gasteiger partial charge in [-0.15, -0.1) is 6.58 Å². The maximum atomic E-state index is 13.5. The summed E-state index contributed by atoms with van der Waals surface area (Å²) in [7, 11) is -3.87. The van der Waals surface area contributed by atoms with Crippen molar-refractivity contribution in [3.63, 3.8) is 0 Å². The molecule has 1 saturated heterocycles. The van der Waals surface area contributed by atoms with Crippen LogP contribution >= 0.6 is 11.6 Å². The van der Waals surface area contributed by atoms with E-state index in [1.165, 1.54) is 30.3 Å². The Bertz CT molecular complexity index is 1310. The number of ether oxygens (including phenoxy) is 1. The summed E-state index contributed by atoms with van der Waals surface area (Å²) in [5.41, 5.74) is 1.71. The first-order valence-electron chi connectivity index (χ1n) is 11.3. The SMILES string of the molecule is C=CC(c1ccnc(N2CCOCC2)c1Cl)S(=O)(=O)c1ccc(NC(=O)NCc2cccnc2)cc1. The summed E-state index contributed by atoms with van der Waals surface area (Å²) in [5, 5.41) is 4.61. The van der Waals surface area contributed by atoms with Crippen LogP contribution in [0.2, 0.25) is 5.02 Å². The predicted molar refractivity (Wildman–Crippen MR) is 139 cm³/mol. The average molecular weight is 528 g/mol. The Kier molecular flexibility index (Phi) is 8.19. The molecule has 1 unspecified atom stereocenters. The van der Waals surface area contributed by atoms with E-state index in [-0.39, 0.29) is 9.92 Å². The molecule has 1 aromatic carbocycles. The van der Waals surface area contributed by atoms with Crippen molar-refractivity contribution in [3.8, 4) is 0 Å². The molecule has 36 heavy (non-hydrogen) atoms. The maximum Gasteiger partial charge on any atom is 0.319 e. The number of anilines is 2. The molecular weight excluding hydrogens is 502 g/mol. The Morgan fingerprint density at radius 3 is 2.58 bits per heavy atom. The zero-order chi connectivity index (χ0) is 25.5. The molecule has 0 saturated carbocycles. The van der Waals surface area contributed by atoms with E-state index in [1.807, 2.05) is 11.0 Å². The summed E-state index contributed by atoms with van der Waals surface area (Å²) in [6.45, 7) is 6.40. The van der Waals surface area contributed by atoms with E-state index in [0.29, 0.717) is 49.9 Å². The van der Waals surface area contributed by atoms with E-state index in [2.05, 4.69) is 27.2 Å². The number of carbonyl (C=O) groups is 1. The molecule has 1 aliphatic heterocycles. The van der Waals surface area contributed by atoms with Gasteiger partial charge in [0.15, 0.2) is 9.84 Å². The fourth-order valence-electron chi connectivity index (χ4n) is 3.82. The van der Waals surface area contributed by atoms with E-state index in [0.717, 1.165) is 5.56 Å². The van der Waals surface area contributed by atoms with Gasteiger partial charge in [-0.3, -0.25) is 4.98 Å². The van der Waals surface area contributed by atoms with Crippen molar-refractivity contribution in [2.24, 2.45) is 0 Å². The molecule has 11 heteroatoms. The molecule has 2 N–H and O–H groups in total. The second kappa shape index (κ2) is 11.5. The van der Waals surface area contributed by atoms with E-state index in [4.69, 9.17) is 16.3 Å². The Labute approximate surface area is 215 Å². The standard InChI is InChI=1S/C25H26ClN5O4S/c1-2-22(21-9-11-28-24(23(21)26)31-12-14-35-15-13-31)36(33,34)20-7-5-19(6-8-20)30-25(32)29-17-18-4-3-10-27-16-18/h2-11,16,22H,1,12-15,17H2,(H2,29,30,32). The van der Waals surface area contributed by atoms with Crippen LogP contribution in [0.15, 0.2) is 78.6 Å². The fraction of sp³-hybridized carbons (Fsp3) is 0.240. The zero-order valence-electron chi connectivity index (χ0n) is 19.4. The molecule has 0 radical (unpaired) electrons. The van der Waals surface area contributed by atoms with Gasteiger partial charge < -0.3 is 20.3 Å². The van der Waals surface area contributed by atoms with Crippen LogP contribution in [0.25, 0.3) is 0 Å². The molecule has 0 aliphatic carbocycles. The van der Waals surface area contributed by atoms with Crippen LogP contribution in [0.1, 0.15) is 16.4 Å². The minimum Gasteiger partial charge on any atom is -0.378 e. The van der Waals surface area contributed by atoms with Gasteiger partial charge in [0.2, 0.25) is 0 Å². The molecule has 2 aromatic heterocycles. The van der Waals surface area contributed by atoms with Crippen LogP contribution in [0.4, 0.5) is 16.3 Å². The smallest absolute Gasteiger partial charge is 0.319 e. The molecule has 3 aromatic rings. The number of sulfone groups is 1. The number of pyridine rings is 2. The number of urea groups is 1. The minimum absolute atomic E-state index is 0.0783. The highest BCUT2D eigenvalue weighted by molar-refractivity contribution is 7.91. The summed E-state index contributed by atoms with van der Waals surface area (Å²) in [5.74, 6) is 0.524. The van der Waals surface area contributed by atoms with Gasteiger partial charge in [0.25, 0.3) is 0 Å². The number of benzene rings is 1. The van der Waals surface area contributed by atoms with E-state index >= 15 is 0 Å². The summed E-state index contributed by atoms with van der Waals surface area (Å²) in [4.78, 5) is 22.6. The topological polar surface area (TPSA) is 114 Å². The number of hydrogen-bond donors (Lipinski definition) is 2. The molecular formula is C25H26ClN5O4S. The lowest BCUT2D eigenvalue weighted by Gasteiger charge is -2.29. The first-order valence-corrected chi connectivity index (χ1v) is 13.2. The summed E-state index contributed by atoms with van der Waals surface area (Å²) < 4.78 is 32.4. The van der Waals surface area contributed by atoms with Gasteiger partial charge >= 0.3 is 6.03 Å². The van der Waals surface area contributed by atoms with Crippen LogP contribution in [0.3, 0.4) is 0 Å². The molecule has 188 valence electrons. The summed E-state index contributed by atoms with van der Waals surface area (Å²) >= 11 is 6.65. The molecule has 0 spiro atoms. The van der Waals surface area contributed by atoms with Gasteiger partial charge in [-0.05, 0) is 47.5 Å². The average Bonchev–Trinajstić information content (AvgIpc) is 2.90. The van der Waals surface area contributed by atoms with E-state index in [9.17, 15) is 13.2 Å². The van der Waals surface area contributed by atoms with E-state index in [1.54, 1.807) is 30.7 Å². The number of hydrogen-bond acceptors (Lipinski definition) is 7. The third-order valence-electron chi connectivity index (χ3n) is 5.68. The number of carbonyl (C=O) groups excluding carboxylic acids is 1. The highest BCUT2D eigenvalue weighted by atomic mass is 35.5. The van der Waals surface area contributed by atoms with Crippen molar-refractivity contribution < 1.29 is 17.9 Å². The monoisotopic (exact) mass is 527 g/mol. The van der Waals surface area contributed by atoms with Crippen molar-refractivity contribution in [1.82, 2.24) is 15.3 Å². The summed E-state index contributed by atoms with van der Waals surface area (Å²) in [6, 6.07) is 10.8. The number of amides is 2. The highest BCUT2D eigenvalue weighted by Crippen LogP contribution is 2.38. The van der Waals surface area contributed by atoms with Crippen molar-refractivity contribution in [2.45, 2.75) is 16.7 Å². The largest absolute Gasteiger partial charge is 0.378 e. The number of rotatable bonds is 8. The molecule has 1 fully saturated rings. The van der Waals surface area contributed by atoms with Crippen LogP contribution in [-0.4, -0.2) is 50.7 Å². The van der Waals surface area contributed by atoms with Gasteiger partial charge in [-0.1, -0.05) is 23.7 Å². The third kappa shape index (κ3) is 5.84. The van der Waals surface area contributed by atoms with Gasteiger partial charge in [0, 0.05) is 43.9 Å². The second-order valence-corrected chi connectivity index (χ2v) is 10.5. The van der Waals surface area contributed by atoms with Crippen LogP contribution in [0, 0.1) is 0 Å². The number of morpholine rings is 1. The number of aromatic nitrogens is 2. The number of nitrogens with one attached hydrogen (secondary N) is 2. The quantitative estimate of drug-likeness (QED) is 0.426. The van der Waals surface area contributed by atoms with Crippen molar-refractivity contribution >= 4 is 39.0 Å². The lowest BCUT2D eigenvalue weighted by atomic mass is 10.1. The number of nitrogens with zero attached hydrogens (tertiary/aromatic N) is 3. The maximum absolute atomic E-state index is 13.5.